The summed E-state index contributed by atoms with van der Waals surface area (Å²) < 4.78 is 3.00. The van der Waals surface area contributed by atoms with E-state index in [0.29, 0.717) is 12.2 Å². The average Bonchev–Trinajstić information content (AvgIpc) is 3.40. The molecule has 1 fully saturated rings. The van der Waals surface area contributed by atoms with Gasteiger partial charge in [-0.25, -0.2) is 4.79 Å². The van der Waals surface area contributed by atoms with Crippen LogP contribution in [0.4, 0.5) is 5.69 Å². The lowest BCUT2D eigenvalue weighted by Crippen LogP contribution is -2.33. The first-order chi connectivity index (χ1) is 13.5. The van der Waals surface area contributed by atoms with Gasteiger partial charge in [0.05, 0.1) is 5.69 Å². The SMILES string of the molecule is CCn1cc(NC(=O)CCn2ccc(C(=O)O)n2)c(C(=O)NC2CCCC2)n1. The molecule has 2 heterocycles. The quantitative estimate of drug-likeness (QED) is 0.628. The molecule has 150 valence electrons. The Morgan fingerprint density at radius 1 is 1.21 bits per heavy atom. The fourth-order valence-electron chi connectivity index (χ4n) is 3.20. The van der Waals surface area contributed by atoms with Crippen LogP contribution in [0.5, 0.6) is 0 Å². The van der Waals surface area contributed by atoms with Crippen molar-refractivity contribution in [3.63, 3.8) is 0 Å². The predicted octanol–water partition coefficient (Wildman–Crippen LogP) is 1.50. The monoisotopic (exact) mass is 388 g/mol. The highest BCUT2D eigenvalue weighted by molar-refractivity contribution is 6.02. The molecule has 3 rings (SSSR count). The molecule has 1 aliphatic rings. The van der Waals surface area contributed by atoms with Crippen LogP contribution in [0, 0.1) is 0 Å². The van der Waals surface area contributed by atoms with Crippen LogP contribution in [0.2, 0.25) is 0 Å². The maximum Gasteiger partial charge on any atom is 0.356 e. The van der Waals surface area contributed by atoms with E-state index < -0.39 is 5.97 Å². The Morgan fingerprint density at radius 3 is 2.61 bits per heavy atom. The van der Waals surface area contributed by atoms with Crippen LogP contribution in [-0.4, -0.2) is 48.5 Å². The number of rotatable bonds is 8. The van der Waals surface area contributed by atoms with Gasteiger partial charge in [-0.1, -0.05) is 12.8 Å². The summed E-state index contributed by atoms with van der Waals surface area (Å²) in [7, 11) is 0. The van der Waals surface area contributed by atoms with E-state index >= 15 is 0 Å². The first kappa shape index (κ1) is 19.6. The van der Waals surface area contributed by atoms with Crippen LogP contribution < -0.4 is 10.6 Å². The van der Waals surface area contributed by atoms with Gasteiger partial charge in [0.2, 0.25) is 5.91 Å². The van der Waals surface area contributed by atoms with E-state index in [0.717, 1.165) is 25.7 Å². The summed E-state index contributed by atoms with van der Waals surface area (Å²) in [6.45, 7) is 2.70. The maximum atomic E-state index is 12.6. The Morgan fingerprint density at radius 2 is 1.96 bits per heavy atom. The molecule has 3 N–H and O–H groups in total. The Bertz CT molecular complexity index is 865. The number of aromatic nitrogens is 4. The number of nitrogens with one attached hydrogen (secondary N) is 2. The summed E-state index contributed by atoms with van der Waals surface area (Å²) in [6.07, 6.45) is 7.37. The van der Waals surface area contributed by atoms with E-state index in [1.165, 1.54) is 16.9 Å². The summed E-state index contributed by atoms with van der Waals surface area (Å²) in [4.78, 5) is 35.7. The molecule has 0 bridgehead atoms. The lowest BCUT2D eigenvalue weighted by Gasteiger charge is -2.11. The van der Waals surface area contributed by atoms with Crippen molar-refractivity contribution in [2.45, 2.75) is 58.2 Å². The fraction of sp³-hybridized carbons (Fsp3) is 0.500. The molecule has 28 heavy (non-hydrogen) atoms. The summed E-state index contributed by atoms with van der Waals surface area (Å²) >= 11 is 0. The highest BCUT2D eigenvalue weighted by atomic mass is 16.4. The zero-order chi connectivity index (χ0) is 20.1. The molecule has 10 nitrogen and oxygen atoms in total. The molecule has 0 aliphatic heterocycles. The number of carboxylic acid groups (broad SMARTS) is 1. The molecule has 0 spiro atoms. The van der Waals surface area contributed by atoms with Crippen molar-refractivity contribution in [2.75, 3.05) is 5.32 Å². The number of carbonyl (C=O) groups is 3. The smallest absolute Gasteiger partial charge is 0.356 e. The van der Waals surface area contributed by atoms with Gasteiger partial charge in [-0.15, -0.1) is 0 Å². The van der Waals surface area contributed by atoms with E-state index in [9.17, 15) is 14.4 Å². The minimum absolute atomic E-state index is 0.0736. The highest BCUT2D eigenvalue weighted by Crippen LogP contribution is 2.20. The predicted molar refractivity (Wildman–Crippen MR) is 100 cm³/mol. The molecule has 1 saturated carbocycles. The molecule has 2 aromatic rings. The molecule has 1 aliphatic carbocycles. The molecule has 0 atom stereocenters. The summed E-state index contributed by atoms with van der Waals surface area (Å²) in [5.74, 6) is -1.71. The van der Waals surface area contributed by atoms with E-state index in [4.69, 9.17) is 5.11 Å². The van der Waals surface area contributed by atoms with Gasteiger partial charge in [-0.3, -0.25) is 19.0 Å². The summed E-state index contributed by atoms with van der Waals surface area (Å²) in [5.41, 5.74) is 0.499. The number of nitrogens with zero attached hydrogens (tertiary/aromatic N) is 4. The number of carbonyl (C=O) groups excluding carboxylic acids is 2. The minimum atomic E-state index is -1.12. The number of hydrogen-bond acceptors (Lipinski definition) is 5. The zero-order valence-electron chi connectivity index (χ0n) is 15.7. The van der Waals surface area contributed by atoms with Crippen LogP contribution in [-0.2, 0) is 17.9 Å². The Labute approximate surface area is 161 Å². The number of aryl methyl sites for hydroxylation is 2. The molecule has 2 amide bonds. The fourth-order valence-corrected chi connectivity index (χ4v) is 3.20. The first-order valence-corrected chi connectivity index (χ1v) is 9.41. The van der Waals surface area contributed by atoms with Gasteiger partial charge in [0.15, 0.2) is 11.4 Å². The molecule has 10 heteroatoms. The van der Waals surface area contributed by atoms with Gasteiger partial charge in [-0.2, -0.15) is 10.2 Å². The molecule has 2 aromatic heterocycles. The van der Waals surface area contributed by atoms with Gasteiger partial charge in [0, 0.05) is 37.9 Å². The maximum absolute atomic E-state index is 12.6. The second kappa shape index (κ2) is 8.68. The molecule has 0 unspecified atom stereocenters. The van der Waals surface area contributed by atoms with Crippen LogP contribution in [0.3, 0.4) is 0 Å². The number of hydrogen-bond donors (Lipinski definition) is 3. The van der Waals surface area contributed by atoms with Gasteiger partial charge >= 0.3 is 5.97 Å². The van der Waals surface area contributed by atoms with Crippen molar-refractivity contribution in [2.24, 2.45) is 0 Å². The molecular formula is C18H24N6O4. The van der Waals surface area contributed by atoms with Crippen molar-refractivity contribution in [3.05, 3.63) is 29.8 Å². The topological polar surface area (TPSA) is 131 Å². The van der Waals surface area contributed by atoms with Gasteiger partial charge in [0.1, 0.15) is 0 Å². The second-order valence-electron chi connectivity index (χ2n) is 6.77. The number of carboxylic acids is 1. The molecule has 0 aromatic carbocycles. The van der Waals surface area contributed by atoms with Crippen LogP contribution >= 0.6 is 0 Å². The summed E-state index contributed by atoms with van der Waals surface area (Å²) in [6, 6.07) is 1.53. The Balaban J connectivity index is 1.61. The lowest BCUT2D eigenvalue weighted by molar-refractivity contribution is -0.116. The lowest BCUT2D eigenvalue weighted by atomic mass is 10.2. The normalized spacial score (nSPS) is 14.2. The number of aromatic carboxylic acids is 1. The minimum Gasteiger partial charge on any atom is -0.476 e. The Kier molecular flexibility index (Phi) is 6.07. The van der Waals surface area contributed by atoms with Crippen molar-refractivity contribution in [1.82, 2.24) is 24.9 Å². The Hall–Kier alpha value is -3.17. The van der Waals surface area contributed by atoms with Gasteiger partial charge in [-0.05, 0) is 25.8 Å². The average molecular weight is 388 g/mol. The van der Waals surface area contributed by atoms with Gasteiger partial charge in [0.25, 0.3) is 5.91 Å². The number of anilines is 1. The van der Waals surface area contributed by atoms with Crippen molar-refractivity contribution in [3.8, 4) is 0 Å². The van der Waals surface area contributed by atoms with Crippen molar-refractivity contribution in [1.29, 1.82) is 0 Å². The molecular weight excluding hydrogens is 364 g/mol. The number of amides is 2. The van der Waals surface area contributed by atoms with E-state index in [1.807, 2.05) is 6.92 Å². The summed E-state index contributed by atoms with van der Waals surface area (Å²) in [5, 5.41) is 22.7. The van der Waals surface area contributed by atoms with Gasteiger partial charge < -0.3 is 15.7 Å². The third-order valence-electron chi connectivity index (χ3n) is 4.69. The third-order valence-corrected chi connectivity index (χ3v) is 4.69. The molecule has 0 radical (unpaired) electrons. The van der Waals surface area contributed by atoms with Crippen LogP contribution in [0.1, 0.15) is 60.0 Å². The largest absolute Gasteiger partial charge is 0.476 e. The zero-order valence-corrected chi connectivity index (χ0v) is 15.7. The molecule has 0 saturated heterocycles. The van der Waals surface area contributed by atoms with E-state index in [1.54, 1.807) is 10.9 Å². The standard InChI is InChI=1S/C18H24N6O4/c1-2-23-11-14(16(22-23)17(26)19-12-5-3-4-6-12)20-15(25)8-10-24-9-7-13(21-24)18(27)28/h7,9,11-12H,2-6,8,10H2,1H3,(H,19,26)(H,20,25)(H,27,28). The van der Waals surface area contributed by atoms with Crippen LogP contribution in [0.25, 0.3) is 0 Å². The third kappa shape index (κ3) is 4.76. The van der Waals surface area contributed by atoms with Crippen molar-refractivity contribution < 1.29 is 19.5 Å². The van der Waals surface area contributed by atoms with E-state index in [2.05, 4.69) is 20.8 Å². The van der Waals surface area contributed by atoms with E-state index in [-0.39, 0.29) is 42.2 Å². The highest BCUT2D eigenvalue weighted by Gasteiger charge is 2.23. The second-order valence-corrected chi connectivity index (χ2v) is 6.77. The van der Waals surface area contributed by atoms with Crippen LogP contribution in [0.15, 0.2) is 18.5 Å². The van der Waals surface area contributed by atoms with Crippen molar-refractivity contribution >= 4 is 23.5 Å². The first-order valence-electron chi connectivity index (χ1n) is 9.41.